The van der Waals surface area contributed by atoms with E-state index in [1.54, 1.807) is 13.8 Å². The summed E-state index contributed by atoms with van der Waals surface area (Å²) < 4.78 is 0. The molecule has 0 aromatic rings. The van der Waals surface area contributed by atoms with E-state index in [-0.39, 0.29) is 0 Å². The molecule has 0 aliphatic carbocycles. The molecule has 3 nitrogen and oxygen atoms in total. The SMILES string of the molecule is C=C[C@H](N)C(C)(C)C(=O)O. The average molecular weight is 143 g/mol. The Morgan fingerprint density at radius 1 is 1.80 bits per heavy atom. The first kappa shape index (κ1) is 9.17. The molecule has 0 rings (SSSR count). The Labute approximate surface area is 60.5 Å². The van der Waals surface area contributed by atoms with Gasteiger partial charge in [-0.05, 0) is 13.8 Å². The zero-order valence-electron chi connectivity index (χ0n) is 6.29. The lowest BCUT2D eigenvalue weighted by Gasteiger charge is -2.23. The van der Waals surface area contributed by atoms with Gasteiger partial charge in [0.25, 0.3) is 0 Å². The predicted molar refractivity (Wildman–Crippen MR) is 39.6 cm³/mol. The third-order valence-electron chi connectivity index (χ3n) is 1.64. The minimum absolute atomic E-state index is 0.495. The van der Waals surface area contributed by atoms with Crippen molar-refractivity contribution < 1.29 is 9.90 Å². The van der Waals surface area contributed by atoms with E-state index in [0.29, 0.717) is 0 Å². The zero-order chi connectivity index (χ0) is 8.36. The van der Waals surface area contributed by atoms with Gasteiger partial charge in [-0.25, -0.2) is 0 Å². The van der Waals surface area contributed by atoms with Gasteiger partial charge in [-0.1, -0.05) is 6.08 Å². The topological polar surface area (TPSA) is 63.3 Å². The van der Waals surface area contributed by atoms with E-state index in [0.717, 1.165) is 0 Å². The second kappa shape index (κ2) is 2.84. The van der Waals surface area contributed by atoms with E-state index in [4.69, 9.17) is 10.8 Å². The number of carbonyl (C=O) groups is 1. The summed E-state index contributed by atoms with van der Waals surface area (Å²) >= 11 is 0. The monoisotopic (exact) mass is 143 g/mol. The maximum Gasteiger partial charge on any atom is 0.310 e. The molecule has 0 spiro atoms. The smallest absolute Gasteiger partial charge is 0.310 e. The highest BCUT2D eigenvalue weighted by Gasteiger charge is 2.32. The fourth-order valence-electron chi connectivity index (χ4n) is 0.437. The van der Waals surface area contributed by atoms with Gasteiger partial charge in [0.1, 0.15) is 0 Å². The van der Waals surface area contributed by atoms with Crippen LogP contribution < -0.4 is 5.73 Å². The summed E-state index contributed by atoms with van der Waals surface area (Å²) in [6.45, 7) is 6.56. The van der Waals surface area contributed by atoms with Gasteiger partial charge in [0.2, 0.25) is 0 Å². The molecule has 0 bridgehead atoms. The van der Waals surface area contributed by atoms with Crippen molar-refractivity contribution in [2.75, 3.05) is 0 Å². The molecule has 1 atom stereocenters. The number of hydrogen-bond donors (Lipinski definition) is 2. The number of carboxylic acids is 1. The molecule has 0 amide bonds. The molecule has 58 valence electrons. The van der Waals surface area contributed by atoms with Gasteiger partial charge >= 0.3 is 5.97 Å². The number of carboxylic acid groups (broad SMARTS) is 1. The van der Waals surface area contributed by atoms with Crippen LogP contribution in [0.25, 0.3) is 0 Å². The van der Waals surface area contributed by atoms with E-state index < -0.39 is 17.4 Å². The second-order valence-electron chi connectivity index (χ2n) is 2.79. The zero-order valence-corrected chi connectivity index (χ0v) is 6.29. The van der Waals surface area contributed by atoms with Crippen molar-refractivity contribution in [3.63, 3.8) is 0 Å². The Kier molecular flexibility index (Phi) is 2.60. The van der Waals surface area contributed by atoms with Gasteiger partial charge in [0.15, 0.2) is 0 Å². The van der Waals surface area contributed by atoms with Crippen molar-refractivity contribution in [1.82, 2.24) is 0 Å². The lowest BCUT2D eigenvalue weighted by atomic mass is 9.85. The van der Waals surface area contributed by atoms with Gasteiger partial charge in [0, 0.05) is 6.04 Å². The van der Waals surface area contributed by atoms with Crippen molar-refractivity contribution in [1.29, 1.82) is 0 Å². The largest absolute Gasteiger partial charge is 0.481 e. The third kappa shape index (κ3) is 1.57. The summed E-state index contributed by atoms with van der Waals surface area (Å²) in [5.74, 6) is -0.903. The molecule has 0 radical (unpaired) electrons. The molecule has 0 saturated heterocycles. The maximum atomic E-state index is 10.5. The summed E-state index contributed by atoms with van der Waals surface area (Å²) in [6, 6.07) is -0.495. The number of aliphatic carboxylic acids is 1. The molecule has 3 heteroatoms. The first-order chi connectivity index (χ1) is 4.42. The first-order valence-corrected chi connectivity index (χ1v) is 3.04. The standard InChI is InChI=1S/C7H13NO2/c1-4-5(8)7(2,3)6(9)10/h4-5H,1,8H2,2-3H3,(H,9,10)/t5-/m0/s1. The van der Waals surface area contributed by atoms with Crippen LogP contribution in [0.15, 0.2) is 12.7 Å². The summed E-state index contributed by atoms with van der Waals surface area (Å²) in [7, 11) is 0. The van der Waals surface area contributed by atoms with Crippen LogP contribution in [-0.2, 0) is 4.79 Å². The highest BCUT2D eigenvalue weighted by atomic mass is 16.4. The van der Waals surface area contributed by atoms with Gasteiger partial charge in [-0.3, -0.25) is 4.79 Å². The van der Waals surface area contributed by atoms with Crippen LogP contribution in [0, 0.1) is 5.41 Å². The van der Waals surface area contributed by atoms with Crippen LogP contribution in [0.2, 0.25) is 0 Å². The van der Waals surface area contributed by atoms with Crippen LogP contribution in [0.4, 0.5) is 0 Å². The van der Waals surface area contributed by atoms with Crippen molar-refractivity contribution >= 4 is 5.97 Å². The molecule has 0 fully saturated rings. The second-order valence-corrected chi connectivity index (χ2v) is 2.79. The quantitative estimate of drug-likeness (QED) is 0.569. The predicted octanol–water partition coefficient (Wildman–Crippen LogP) is 0.611. The molecule has 0 aromatic heterocycles. The molecule has 0 unspecified atom stereocenters. The number of hydrogen-bond acceptors (Lipinski definition) is 2. The molecule has 0 aromatic carbocycles. The Morgan fingerprint density at radius 3 is 2.30 bits per heavy atom. The summed E-state index contributed by atoms with van der Waals surface area (Å²) in [6.07, 6.45) is 1.44. The van der Waals surface area contributed by atoms with E-state index >= 15 is 0 Å². The molecular formula is C7H13NO2. The van der Waals surface area contributed by atoms with Crippen molar-refractivity contribution in [2.45, 2.75) is 19.9 Å². The minimum atomic E-state index is -0.915. The lowest BCUT2D eigenvalue weighted by molar-refractivity contribution is -0.147. The number of rotatable bonds is 3. The van der Waals surface area contributed by atoms with Gasteiger partial charge in [-0.2, -0.15) is 0 Å². The molecular weight excluding hydrogens is 130 g/mol. The van der Waals surface area contributed by atoms with Gasteiger partial charge in [0.05, 0.1) is 5.41 Å². The molecule has 0 aliphatic heterocycles. The fraction of sp³-hybridized carbons (Fsp3) is 0.571. The Bertz CT molecular complexity index is 152. The molecule has 3 N–H and O–H groups in total. The minimum Gasteiger partial charge on any atom is -0.481 e. The van der Waals surface area contributed by atoms with E-state index in [2.05, 4.69) is 6.58 Å². The highest BCUT2D eigenvalue weighted by molar-refractivity contribution is 5.74. The van der Waals surface area contributed by atoms with Crippen molar-refractivity contribution in [2.24, 2.45) is 11.1 Å². The molecule has 0 saturated carbocycles. The number of nitrogens with two attached hydrogens (primary N) is 1. The van der Waals surface area contributed by atoms with Crippen LogP contribution in [-0.4, -0.2) is 17.1 Å². The van der Waals surface area contributed by atoms with E-state index in [1.807, 2.05) is 0 Å². The van der Waals surface area contributed by atoms with Crippen molar-refractivity contribution in [3.05, 3.63) is 12.7 Å². The Hall–Kier alpha value is -0.830. The lowest BCUT2D eigenvalue weighted by Crippen LogP contribution is -2.41. The van der Waals surface area contributed by atoms with Crippen LogP contribution in [0.1, 0.15) is 13.8 Å². The van der Waals surface area contributed by atoms with Gasteiger partial charge < -0.3 is 10.8 Å². The van der Waals surface area contributed by atoms with Crippen LogP contribution in [0.5, 0.6) is 0 Å². The average Bonchev–Trinajstić information content (AvgIpc) is 1.86. The van der Waals surface area contributed by atoms with Gasteiger partial charge in [-0.15, -0.1) is 6.58 Å². The van der Waals surface area contributed by atoms with Crippen LogP contribution >= 0.6 is 0 Å². The summed E-state index contributed by atoms with van der Waals surface area (Å²) in [4.78, 5) is 10.5. The Balaban J connectivity index is 4.38. The molecule has 10 heavy (non-hydrogen) atoms. The Morgan fingerprint density at radius 2 is 2.20 bits per heavy atom. The van der Waals surface area contributed by atoms with Crippen molar-refractivity contribution in [3.8, 4) is 0 Å². The molecule has 0 heterocycles. The highest BCUT2D eigenvalue weighted by Crippen LogP contribution is 2.19. The van der Waals surface area contributed by atoms with Crippen LogP contribution in [0.3, 0.4) is 0 Å². The van der Waals surface area contributed by atoms with E-state index in [9.17, 15) is 4.79 Å². The molecule has 0 aliphatic rings. The normalized spacial score (nSPS) is 14.3. The summed E-state index contributed by atoms with van der Waals surface area (Å²) in [5, 5.41) is 8.62. The summed E-state index contributed by atoms with van der Waals surface area (Å²) in [5.41, 5.74) is 4.54. The van der Waals surface area contributed by atoms with E-state index in [1.165, 1.54) is 6.08 Å². The first-order valence-electron chi connectivity index (χ1n) is 3.04. The third-order valence-corrected chi connectivity index (χ3v) is 1.64. The fourth-order valence-corrected chi connectivity index (χ4v) is 0.437. The maximum absolute atomic E-state index is 10.5.